The van der Waals surface area contributed by atoms with Gasteiger partial charge in [0.05, 0.1) is 17.4 Å². The molecule has 1 N–H and O–H groups in total. The quantitative estimate of drug-likeness (QED) is 0.605. The minimum Gasteiger partial charge on any atom is -0.479 e. The summed E-state index contributed by atoms with van der Waals surface area (Å²) in [6, 6.07) is 1.20. The molecule has 7 heteroatoms. The molecule has 0 aliphatic heterocycles. The van der Waals surface area contributed by atoms with Crippen molar-refractivity contribution in [1.82, 2.24) is 9.78 Å². The number of carboxylic acids is 1. The van der Waals surface area contributed by atoms with E-state index < -0.39 is 16.4 Å². The van der Waals surface area contributed by atoms with E-state index in [1.807, 2.05) is 0 Å². The Morgan fingerprint density at radius 3 is 2.50 bits per heavy atom. The van der Waals surface area contributed by atoms with Crippen LogP contribution in [0.4, 0.5) is 5.82 Å². The average molecular weight is 227 g/mol. The molecule has 0 aliphatic rings. The van der Waals surface area contributed by atoms with Crippen LogP contribution in [-0.2, 0) is 10.3 Å². The molecule has 0 aliphatic carbocycles. The van der Waals surface area contributed by atoms with Gasteiger partial charge in [0.15, 0.2) is 5.54 Å². The van der Waals surface area contributed by atoms with Gasteiger partial charge in [-0.1, -0.05) is 13.8 Å². The van der Waals surface area contributed by atoms with E-state index in [1.54, 1.807) is 13.8 Å². The smallest absolute Gasteiger partial charge is 0.389 e. The Balaban J connectivity index is 3.21. The number of carboxylic acid groups (broad SMARTS) is 1. The molecule has 0 saturated heterocycles. The Hall–Kier alpha value is -1.92. The normalized spacial score (nSPS) is 11.4. The van der Waals surface area contributed by atoms with Crippen molar-refractivity contribution in [3.8, 4) is 0 Å². The van der Waals surface area contributed by atoms with Crippen molar-refractivity contribution in [1.29, 1.82) is 0 Å². The summed E-state index contributed by atoms with van der Waals surface area (Å²) in [4.78, 5) is 21.1. The van der Waals surface area contributed by atoms with Crippen molar-refractivity contribution < 1.29 is 14.8 Å². The van der Waals surface area contributed by atoms with Crippen molar-refractivity contribution in [2.75, 3.05) is 0 Å². The predicted octanol–water partition coefficient (Wildman–Crippen LogP) is 1.39. The van der Waals surface area contributed by atoms with Crippen LogP contribution in [0.15, 0.2) is 12.3 Å². The summed E-state index contributed by atoms with van der Waals surface area (Å²) in [5.74, 6) is -1.37. The van der Waals surface area contributed by atoms with Gasteiger partial charge >= 0.3 is 11.8 Å². The Kier molecular flexibility index (Phi) is 3.26. The highest BCUT2D eigenvalue weighted by Gasteiger charge is 2.40. The van der Waals surface area contributed by atoms with E-state index in [0.29, 0.717) is 12.8 Å². The fourth-order valence-corrected chi connectivity index (χ4v) is 1.62. The first kappa shape index (κ1) is 12.2. The van der Waals surface area contributed by atoms with E-state index in [1.165, 1.54) is 12.3 Å². The Morgan fingerprint density at radius 1 is 1.62 bits per heavy atom. The fourth-order valence-electron chi connectivity index (χ4n) is 1.62. The zero-order valence-corrected chi connectivity index (χ0v) is 9.08. The summed E-state index contributed by atoms with van der Waals surface area (Å²) < 4.78 is 1.16. The van der Waals surface area contributed by atoms with Crippen LogP contribution in [0.5, 0.6) is 0 Å². The lowest BCUT2D eigenvalue weighted by atomic mass is 9.93. The van der Waals surface area contributed by atoms with Crippen LogP contribution < -0.4 is 0 Å². The van der Waals surface area contributed by atoms with Gasteiger partial charge < -0.3 is 15.2 Å². The maximum atomic E-state index is 11.2. The van der Waals surface area contributed by atoms with Gasteiger partial charge in [0, 0.05) is 0 Å². The first-order valence-corrected chi connectivity index (χ1v) is 4.92. The highest BCUT2D eigenvalue weighted by molar-refractivity contribution is 5.76. The highest BCUT2D eigenvalue weighted by Crippen LogP contribution is 2.26. The minimum atomic E-state index is -1.20. The summed E-state index contributed by atoms with van der Waals surface area (Å²) in [7, 11) is 0. The summed E-state index contributed by atoms with van der Waals surface area (Å²) in [5, 5.41) is 23.3. The zero-order valence-electron chi connectivity index (χ0n) is 9.08. The maximum Gasteiger partial charge on any atom is 0.389 e. The van der Waals surface area contributed by atoms with E-state index in [0.717, 1.165) is 4.68 Å². The molecule has 0 radical (unpaired) electrons. The fraction of sp³-hybridized carbons (Fsp3) is 0.556. The number of aromatic nitrogens is 2. The highest BCUT2D eigenvalue weighted by atomic mass is 16.6. The van der Waals surface area contributed by atoms with E-state index in [4.69, 9.17) is 0 Å². The van der Waals surface area contributed by atoms with Crippen molar-refractivity contribution >= 4 is 11.8 Å². The molecule has 0 aromatic carbocycles. The van der Waals surface area contributed by atoms with E-state index >= 15 is 0 Å². The van der Waals surface area contributed by atoms with Crippen LogP contribution in [-0.4, -0.2) is 25.8 Å². The third-order valence-electron chi connectivity index (χ3n) is 2.77. The molecule has 7 nitrogen and oxygen atoms in total. The number of carbonyl (C=O) groups is 1. The maximum absolute atomic E-state index is 11.2. The average Bonchev–Trinajstić information content (AvgIpc) is 2.70. The third kappa shape index (κ3) is 1.75. The Labute approximate surface area is 91.8 Å². The van der Waals surface area contributed by atoms with Crippen LogP contribution in [0.1, 0.15) is 26.7 Å². The monoisotopic (exact) mass is 227 g/mol. The Bertz CT molecular complexity index is 409. The summed E-state index contributed by atoms with van der Waals surface area (Å²) in [6.45, 7) is 3.43. The van der Waals surface area contributed by atoms with Gasteiger partial charge in [-0.25, -0.2) is 4.79 Å². The number of hydrogen-bond acceptors (Lipinski definition) is 4. The first-order chi connectivity index (χ1) is 7.47. The molecule has 0 bridgehead atoms. The van der Waals surface area contributed by atoms with E-state index in [-0.39, 0.29) is 5.82 Å². The summed E-state index contributed by atoms with van der Waals surface area (Å²) >= 11 is 0. The number of aliphatic carboxylic acids is 1. The van der Waals surface area contributed by atoms with Crippen LogP contribution in [0.25, 0.3) is 0 Å². The minimum absolute atomic E-state index is 0.317. The molecule has 1 aromatic rings. The number of rotatable bonds is 5. The van der Waals surface area contributed by atoms with Gasteiger partial charge in [0.2, 0.25) is 0 Å². The van der Waals surface area contributed by atoms with Crippen LogP contribution in [0, 0.1) is 10.1 Å². The molecule has 1 rings (SSSR count). The number of hydrogen-bond donors (Lipinski definition) is 1. The largest absolute Gasteiger partial charge is 0.479 e. The van der Waals surface area contributed by atoms with Crippen LogP contribution in [0.3, 0.4) is 0 Å². The van der Waals surface area contributed by atoms with Gasteiger partial charge in [-0.05, 0) is 17.8 Å². The second kappa shape index (κ2) is 4.30. The molecule has 0 spiro atoms. The summed E-state index contributed by atoms with van der Waals surface area (Å²) in [5.41, 5.74) is -1.20. The van der Waals surface area contributed by atoms with Crippen molar-refractivity contribution in [3.63, 3.8) is 0 Å². The van der Waals surface area contributed by atoms with Crippen molar-refractivity contribution in [2.45, 2.75) is 32.2 Å². The van der Waals surface area contributed by atoms with Gasteiger partial charge in [-0.2, -0.15) is 4.68 Å². The zero-order chi connectivity index (χ0) is 12.3. The standard InChI is InChI=1S/C9H13N3O4/c1-3-9(4-2,8(13)14)11-6-5-7(10-11)12(15)16/h5-6H,3-4H2,1-2H3,(H,13,14). The van der Waals surface area contributed by atoms with Gasteiger partial charge in [0.1, 0.15) is 0 Å². The SMILES string of the molecule is CCC(CC)(C(=O)O)n1ccc([N+](=O)[O-])n1. The van der Waals surface area contributed by atoms with Crippen LogP contribution >= 0.6 is 0 Å². The number of nitro groups is 1. The third-order valence-corrected chi connectivity index (χ3v) is 2.77. The van der Waals surface area contributed by atoms with Gasteiger partial charge in [-0.15, -0.1) is 0 Å². The lowest BCUT2D eigenvalue weighted by Crippen LogP contribution is -2.41. The van der Waals surface area contributed by atoms with Gasteiger partial charge in [0.25, 0.3) is 0 Å². The molecule has 0 amide bonds. The lowest BCUT2D eigenvalue weighted by Gasteiger charge is -2.23. The molecular weight excluding hydrogens is 214 g/mol. The molecule has 1 aromatic heterocycles. The summed E-state index contributed by atoms with van der Waals surface area (Å²) in [6.07, 6.45) is 1.97. The van der Waals surface area contributed by atoms with Crippen LogP contribution in [0.2, 0.25) is 0 Å². The predicted molar refractivity (Wildman–Crippen MR) is 55.1 cm³/mol. The van der Waals surface area contributed by atoms with Crippen molar-refractivity contribution in [2.24, 2.45) is 0 Å². The second-order valence-corrected chi connectivity index (χ2v) is 3.42. The van der Waals surface area contributed by atoms with E-state index in [2.05, 4.69) is 5.10 Å². The lowest BCUT2D eigenvalue weighted by molar-refractivity contribution is -0.389. The number of nitrogens with zero attached hydrogens (tertiary/aromatic N) is 3. The van der Waals surface area contributed by atoms with Gasteiger partial charge in [-0.3, -0.25) is 0 Å². The first-order valence-electron chi connectivity index (χ1n) is 4.92. The molecule has 88 valence electrons. The second-order valence-electron chi connectivity index (χ2n) is 3.42. The molecule has 16 heavy (non-hydrogen) atoms. The molecular formula is C9H13N3O4. The molecule has 1 heterocycles. The molecule has 0 unspecified atom stereocenters. The molecule has 0 saturated carbocycles. The molecule has 0 fully saturated rings. The Morgan fingerprint density at radius 2 is 2.19 bits per heavy atom. The van der Waals surface area contributed by atoms with Crippen molar-refractivity contribution in [3.05, 3.63) is 22.4 Å². The molecule has 0 atom stereocenters. The van der Waals surface area contributed by atoms with E-state index in [9.17, 15) is 20.0 Å². The topological polar surface area (TPSA) is 98.3 Å².